The average molecular weight is 412 g/mol. The van der Waals surface area contributed by atoms with Gasteiger partial charge in [-0.1, -0.05) is 29.3 Å². The predicted octanol–water partition coefficient (Wildman–Crippen LogP) is 4.13. The lowest BCUT2D eigenvalue weighted by Gasteiger charge is -2.15. The third kappa shape index (κ3) is 4.87. The summed E-state index contributed by atoms with van der Waals surface area (Å²) in [5, 5.41) is 16.7. The minimum Gasteiger partial charge on any atom is -0.449 e. The van der Waals surface area contributed by atoms with Crippen molar-refractivity contribution in [1.29, 1.82) is 0 Å². The van der Waals surface area contributed by atoms with Crippen LogP contribution in [-0.2, 0) is 9.53 Å². The largest absolute Gasteiger partial charge is 0.449 e. The van der Waals surface area contributed by atoms with Crippen molar-refractivity contribution in [3.63, 3.8) is 0 Å². The van der Waals surface area contributed by atoms with Crippen LogP contribution in [0.15, 0.2) is 36.4 Å². The summed E-state index contributed by atoms with van der Waals surface area (Å²) in [6.45, 7) is 1.36. The van der Waals surface area contributed by atoms with Crippen molar-refractivity contribution in [1.82, 2.24) is 0 Å². The van der Waals surface area contributed by atoms with Gasteiger partial charge in [-0.15, -0.1) is 0 Å². The Bertz CT molecular complexity index is 884. The topological polar surface area (TPSA) is 111 Å². The number of nitro benzene ring substituents is 1. The number of rotatable bonds is 6. The molecule has 0 heterocycles. The van der Waals surface area contributed by atoms with Gasteiger partial charge in [-0.05, 0) is 31.2 Å². The molecule has 10 heteroatoms. The monoisotopic (exact) mass is 411 g/mol. The molecule has 0 unspecified atom stereocenters. The lowest BCUT2D eigenvalue weighted by atomic mass is 10.1. The van der Waals surface area contributed by atoms with Gasteiger partial charge in [0.25, 0.3) is 11.6 Å². The van der Waals surface area contributed by atoms with E-state index >= 15 is 0 Å². The van der Waals surface area contributed by atoms with E-state index in [-0.39, 0.29) is 32.7 Å². The minimum absolute atomic E-state index is 0.0591. The number of ether oxygens (including phenoxy) is 1. The summed E-state index contributed by atoms with van der Waals surface area (Å²) in [5.41, 5.74) is 0.0986. The van der Waals surface area contributed by atoms with Gasteiger partial charge in [0.1, 0.15) is 5.69 Å². The van der Waals surface area contributed by atoms with Crippen molar-refractivity contribution in [3.8, 4) is 0 Å². The predicted molar refractivity (Wildman–Crippen MR) is 103 cm³/mol. The Labute approximate surface area is 164 Å². The Morgan fingerprint density at radius 3 is 2.37 bits per heavy atom. The normalized spacial score (nSPS) is 11.4. The van der Waals surface area contributed by atoms with Crippen molar-refractivity contribution < 1.29 is 19.2 Å². The van der Waals surface area contributed by atoms with E-state index in [1.165, 1.54) is 26.1 Å². The summed E-state index contributed by atoms with van der Waals surface area (Å²) in [6.07, 6.45) is -1.19. The number of nitro groups is 1. The van der Waals surface area contributed by atoms with Crippen LogP contribution in [0.3, 0.4) is 0 Å². The molecule has 2 aromatic carbocycles. The van der Waals surface area contributed by atoms with E-state index in [0.717, 1.165) is 6.07 Å². The minimum atomic E-state index is -1.19. The Hall–Kier alpha value is -2.84. The zero-order valence-electron chi connectivity index (χ0n) is 14.3. The van der Waals surface area contributed by atoms with Crippen LogP contribution >= 0.6 is 23.2 Å². The van der Waals surface area contributed by atoms with Gasteiger partial charge in [0.2, 0.25) is 0 Å². The fourth-order valence-corrected chi connectivity index (χ4v) is 2.64. The zero-order valence-corrected chi connectivity index (χ0v) is 15.8. The van der Waals surface area contributed by atoms with Gasteiger partial charge < -0.3 is 15.4 Å². The first kappa shape index (κ1) is 20.5. The van der Waals surface area contributed by atoms with E-state index in [1.54, 1.807) is 18.2 Å². The number of nitrogens with one attached hydrogen (secondary N) is 2. The molecule has 1 atom stereocenters. The van der Waals surface area contributed by atoms with Gasteiger partial charge in [-0.3, -0.25) is 14.9 Å². The average Bonchev–Trinajstić information content (AvgIpc) is 2.63. The quantitative estimate of drug-likeness (QED) is 0.419. The van der Waals surface area contributed by atoms with E-state index in [2.05, 4.69) is 10.6 Å². The number of nitrogens with zero attached hydrogens (tertiary/aromatic N) is 1. The molecule has 0 aliphatic heterocycles. The number of benzene rings is 2. The van der Waals surface area contributed by atoms with Gasteiger partial charge in [0, 0.05) is 13.1 Å². The number of hydrogen-bond donors (Lipinski definition) is 2. The molecular weight excluding hydrogens is 397 g/mol. The number of carbonyl (C=O) groups is 2. The molecule has 0 saturated carbocycles. The molecule has 0 aliphatic carbocycles. The first-order valence-electron chi connectivity index (χ1n) is 7.66. The van der Waals surface area contributed by atoms with Gasteiger partial charge in [-0.25, -0.2) is 4.79 Å². The Kier molecular flexibility index (Phi) is 6.59. The number of halogens is 2. The van der Waals surface area contributed by atoms with E-state index in [0.29, 0.717) is 0 Å². The molecule has 0 saturated heterocycles. The Balaban J connectivity index is 2.12. The highest BCUT2D eigenvalue weighted by Gasteiger charge is 2.23. The van der Waals surface area contributed by atoms with Crippen molar-refractivity contribution in [2.24, 2.45) is 0 Å². The molecule has 8 nitrogen and oxygen atoms in total. The van der Waals surface area contributed by atoms with Crippen LogP contribution in [0.5, 0.6) is 0 Å². The number of carbonyl (C=O) groups excluding carboxylic acids is 2. The molecule has 0 spiro atoms. The number of hydrogen-bond acceptors (Lipinski definition) is 6. The first-order chi connectivity index (χ1) is 12.7. The molecule has 0 aliphatic rings. The SMILES string of the molecule is CNc1ccc(C(=O)O[C@H](C)C(=O)Nc2c(Cl)cccc2Cl)cc1[N+](=O)[O-]. The highest BCUT2D eigenvalue weighted by Crippen LogP contribution is 2.30. The van der Waals surface area contributed by atoms with Gasteiger partial charge in [-0.2, -0.15) is 0 Å². The first-order valence-corrected chi connectivity index (χ1v) is 8.42. The van der Waals surface area contributed by atoms with E-state index in [1.807, 2.05) is 0 Å². The van der Waals surface area contributed by atoms with Gasteiger partial charge >= 0.3 is 5.97 Å². The second kappa shape index (κ2) is 8.70. The van der Waals surface area contributed by atoms with Crippen LogP contribution in [0, 0.1) is 10.1 Å². The summed E-state index contributed by atoms with van der Waals surface area (Å²) in [4.78, 5) is 34.9. The molecule has 2 N–H and O–H groups in total. The van der Waals surface area contributed by atoms with Crippen molar-refractivity contribution in [2.75, 3.05) is 17.7 Å². The summed E-state index contributed by atoms with van der Waals surface area (Å²) < 4.78 is 5.08. The van der Waals surface area contributed by atoms with Crippen molar-refractivity contribution in [2.45, 2.75) is 13.0 Å². The standard InChI is InChI=1S/C17H15Cl2N3O5/c1-9(16(23)21-15-11(18)4-3-5-12(15)19)27-17(24)10-6-7-13(20-2)14(8-10)22(25)26/h3-9,20H,1-2H3,(H,21,23)/t9-/m1/s1. The summed E-state index contributed by atoms with van der Waals surface area (Å²) >= 11 is 12.0. The summed E-state index contributed by atoms with van der Waals surface area (Å²) in [5.74, 6) is -1.53. The van der Waals surface area contributed by atoms with Crippen molar-refractivity contribution >= 4 is 52.1 Å². The van der Waals surface area contributed by atoms with Crippen LogP contribution in [0.2, 0.25) is 10.0 Å². The van der Waals surface area contributed by atoms with Crippen LogP contribution < -0.4 is 10.6 Å². The third-order valence-corrected chi connectivity index (χ3v) is 4.19. The maximum Gasteiger partial charge on any atom is 0.339 e. The van der Waals surface area contributed by atoms with Crippen LogP contribution in [-0.4, -0.2) is 30.0 Å². The number of amides is 1. The molecule has 2 rings (SSSR count). The zero-order chi connectivity index (χ0) is 20.1. The number of para-hydroxylation sites is 1. The molecule has 27 heavy (non-hydrogen) atoms. The van der Waals surface area contributed by atoms with Crippen molar-refractivity contribution in [3.05, 3.63) is 62.1 Å². The molecule has 0 aromatic heterocycles. The molecule has 0 fully saturated rings. The maximum absolute atomic E-state index is 12.2. The molecule has 142 valence electrons. The third-order valence-electron chi connectivity index (χ3n) is 3.56. The van der Waals surface area contributed by atoms with Crippen LogP contribution in [0.25, 0.3) is 0 Å². The van der Waals surface area contributed by atoms with Crippen LogP contribution in [0.1, 0.15) is 17.3 Å². The van der Waals surface area contributed by atoms with E-state index < -0.39 is 22.9 Å². The highest BCUT2D eigenvalue weighted by molar-refractivity contribution is 6.39. The number of esters is 1. The maximum atomic E-state index is 12.2. The lowest BCUT2D eigenvalue weighted by Crippen LogP contribution is -2.30. The highest BCUT2D eigenvalue weighted by atomic mass is 35.5. The molecule has 0 bridgehead atoms. The second-order valence-corrected chi connectivity index (χ2v) is 6.19. The Morgan fingerprint density at radius 2 is 1.81 bits per heavy atom. The van der Waals surface area contributed by atoms with Crippen LogP contribution in [0.4, 0.5) is 17.1 Å². The van der Waals surface area contributed by atoms with Gasteiger partial charge in [0.05, 0.1) is 26.2 Å². The van der Waals surface area contributed by atoms with E-state index in [4.69, 9.17) is 27.9 Å². The summed E-state index contributed by atoms with van der Waals surface area (Å²) in [6, 6.07) is 8.51. The Morgan fingerprint density at radius 1 is 1.19 bits per heavy atom. The van der Waals surface area contributed by atoms with Gasteiger partial charge in [0.15, 0.2) is 6.10 Å². The second-order valence-electron chi connectivity index (χ2n) is 5.37. The number of anilines is 2. The fraction of sp³-hybridized carbons (Fsp3) is 0.176. The molecular formula is C17H15Cl2N3O5. The smallest absolute Gasteiger partial charge is 0.339 e. The van der Waals surface area contributed by atoms with E-state index in [9.17, 15) is 19.7 Å². The summed E-state index contributed by atoms with van der Waals surface area (Å²) in [7, 11) is 1.52. The molecule has 0 radical (unpaired) electrons. The molecule has 1 amide bonds. The lowest BCUT2D eigenvalue weighted by molar-refractivity contribution is -0.384. The molecule has 2 aromatic rings. The fourth-order valence-electron chi connectivity index (χ4n) is 2.15.